The van der Waals surface area contributed by atoms with Gasteiger partial charge in [-0.15, -0.1) is 0 Å². The van der Waals surface area contributed by atoms with Crippen LogP contribution in [0.5, 0.6) is 0 Å². The first-order valence-corrected chi connectivity index (χ1v) is 11.0. The van der Waals surface area contributed by atoms with Crippen LogP contribution in [0.2, 0.25) is 0 Å². The number of carbonyl (C=O) groups is 2. The van der Waals surface area contributed by atoms with Crippen LogP contribution in [0.25, 0.3) is 0 Å². The third-order valence-corrected chi connectivity index (χ3v) is 6.18. The molecule has 1 saturated heterocycles. The Labute approximate surface area is 193 Å². The molecular weight excluding hydrogens is 410 g/mol. The van der Waals surface area contributed by atoms with E-state index in [4.69, 9.17) is 4.74 Å². The van der Waals surface area contributed by atoms with Crippen LogP contribution in [0.1, 0.15) is 22.3 Å². The van der Waals surface area contributed by atoms with Crippen LogP contribution in [0.4, 0.5) is 4.79 Å². The smallest absolute Gasteiger partial charge is 0.375 e. The summed E-state index contributed by atoms with van der Waals surface area (Å²) in [4.78, 5) is 28.1. The molecule has 4 aromatic rings. The van der Waals surface area contributed by atoms with E-state index in [1.807, 2.05) is 121 Å². The molecule has 1 heterocycles. The number of hydrogen-bond acceptors (Lipinski definition) is 3. The highest BCUT2D eigenvalue weighted by atomic mass is 16.6. The van der Waals surface area contributed by atoms with Gasteiger partial charge in [0.1, 0.15) is 11.6 Å². The lowest BCUT2D eigenvalue weighted by atomic mass is 9.75. The first-order valence-electron chi connectivity index (χ1n) is 11.0. The van der Waals surface area contributed by atoms with Gasteiger partial charge in [0.25, 0.3) is 0 Å². The van der Waals surface area contributed by atoms with Gasteiger partial charge in [-0.1, -0.05) is 121 Å². The molecule has 0 aromatic heterocycles. The van der Waals surface area contributed by atoms with E-state index in [2.05, 4.69) is 0 Å². The topological polar surface area (TPSA) is 46.6 Å². The van der Waals surface area contributed by atoms with Gasteiger partial charge in [-0.2, -0.15) is 0 Å². The van der Waals surface area contributed by atoms with Gasteiger partial charge in [0.2, 0.25) is 0 Å². The lowest BCUT2D eigenvalue weighted by Crippen LogP contribution is -2.53. The van der Waals surface area contributed by atoms with Gasteiger partial charge in [-0.3, -0.25) is 4.90 Å². The van der Waals surface area contributed by atoms with E-state index in [1.165, 1.54) is 0 Å². The first-order chi connectivity index (χ1) is 16.2. The van der Waals surface area contributed by atoms with Crippen molar-refractivity contribution in [3.63, 3.8) is 0 Å². The number of hydrogen-bond donors (Lipinski definition) is 0. The van der Waals surface area contributed by atoms with Crippen molar-refractivity contribution in [1.82, 2.24) is 4.90 Å². The molecule has 0 saturated carbocycles. The van der Waals surface area contributed by atoms with Crippen molar-refractivity contribution >= 4 is 12.1 Å². The third-order valence-electron chi connectivity index (χ3n) is 6.18. The zero-order chi connectivity index (χ0) is 22.7. The van der Waals surface area contributed by atoms with Crippen molar-refractivity contribution in [2.75, 3.05) is 0 Å². The number of carbonyl (C=O) groups excluding carboxylic acids is 2. The van der Waals surface area contributed by atoms with Crippen LogP contribution in [-0.2, 0) is 21.5 Å². The Hall–Kier alpha value is -4.18. The fraction of sp³-hybridized carbons (Fsp3) is 0.103. The second kappa shape index (κ2) is 8.75. The largest absolute Gasteiger partial charge is 0.419 e. The number of benzene rings is 4. The van der Waals surface area contributed by atoms with Crippen LogP contribution in [0.15, 0.2) is 121 Å². The minimum atomic E-state index is -1.05. The average molecular weight is 434 g/mol. The third kappa shape index (κ3) is 3.60. The summed E-state index contributed by atoms with van der Waals surface area (Å²) in [5.41, 5.74) is 2.56. The Bertz CT molecular complexity index is 1140. The maximum atomic E-state index is 13.4. The summed E-state index contributed by atoms with van der Waals surface area (Å²) in [5, 5.41) is 0. The van der Waals surface area contributed by atoms with Crippen LogP contribution < -0.4 is 0 Å². The van der Waals surface area contributed by atoms with E-state index in [0.717, 1.165) is 22.3 Å². The van der Waals surface area contributed by atoms with Gasteiger partial charge in [0.15, 0.2) is 0 Å². The van der Waals surface area contributed by atoms with Gasteiger partial charge in [0.05, 0.1) is 0 Å². The highest BCUT2D eigenvalue weighted by Gasteiger charge is 2.55. The molecule has 1 fully saturated rings. The van der Waals surface area contributed by atoms with Gasteiger partial charge >= 0.3 is 12.1 Å². The SMILES string of the molecule is O=C1OC(=O)N(C(c2ccccc2)(c2ccccc2)c2ccccc2)C1Cc1ccccc1. The Morgan fingerprint density at radius 1 is 0.606 bits per heavy atom. The molecule has 1 amide bonds. The van der Waals surface area contributed by atoms with E-state index < -0.39 is 23.6 Å². The standard InChI is InChI=1S/C29H23NO3/c31-27-26(21-22-13-5-1-6-14-22)30(28(32)33-27)29(23-15-7-2-8-16-23,24-17-9-3-10-18-24)25-19-11-4-12-20-25/h1-20,26H,21H2. The molecule has 0 aliphatic carbocycles. The number of ether oxygens (including phenoxy) is 1. The fourth-order valence-corrected chi connectivity index (χ4v) is 4.77. The number of rotatable bonds is 6. The fourth-order valence-electron chi connectivity index (χ4n) is 4.77. The molecule has 1 unspecified atom stereocenters. The molecule has 1 atom stereocenters. The van der Waals surface area contributed by atoms with Crippen LogP contribution in [0, 0.1) is 0 Å². The lowest BCUT2D eigenvalue weighted by Gasteiger charge is -2.44. The quantitative estimate of drug-likeness (QED) is 0.227. The summed E-state index contributed by atoms with van der Waals surface area (Å²) in [6.45, 7) is 0. The molecule has 1 aliphatic heterocycles. The Morgan fingerprint density at radius 2 is 1.00 bits per heavy atom. The number of esters is 1. The molecule has 1 aliphatic rings. The van der Waals surface area contributed by atoms with Crippen LogP contribution in [0.3, 0.4) is 0 Å². The van der Waals surface area contributed by atoms with Crippen LogP contribution >= 0.6 is 0 Å². The van der Waals surface area contributed by atoms with E-state index in [0.29, 0.717) is 6.42 Å². The van der Waals surface area contributed by atoms with E-state index in [9.17, 15) is 9.59 Å². The van der Waals surface area contributed by atoms with Crippen molar-refractivity contribution in [1.29, 1.82) is 0 Å². The van der Waals surface area contributed by atoms with Crippen molar-refractivity contribution in [3.8, 4) is 0 Å². The maximum absolute atomic E-state index is 13.4. The Morgan fingerprint density at radius 3 is 1.42 bits per heavy atom. The molecule has 4 heteroatoms. The van der Waals surface area contributed by atoms with Crippen molar-refractivity contribution in [2.24, 2.45) is 0 Å². The Balaban J connectivity index is 1.79. The minimum absolute atomic E-state index is 0.361. The summed E-state index contributed by atoms with van der Waals surface area (Å²) in [7, 11) is 0. The molecule has 0 spiro atoms. The first kappa shape index (κ1) is 20.7. The van der Waals surface area contributed by atoms with E-state index in [-0.39, 0.29) is 0 Å². The van der Waals surface area contributed by atoms with Crippen molar-refractivity contribution < 1.29 is 14.3 Å². The van der Waals surface area contributed by atoms with Gasteiger partial charge in [0, 0.05) is 6.42 Å². The molecule has 4 aromatic carbocycles. The highest BCUT2D eigenvalue weighted by Crippen LogP contribution is 2.46. The zero-order valence-corrected chi connectivity index (χ0v) is 18.0. The minimum Gasteiger partial charge on any atom is -0.375 e. The normalized spacial score (nSPS) is 16.0. The van der Waals surface area contributed by atoms with Gasteiger partial charge < -0.3 is 4.74 Å². The molecular formula is C29H23NO3. The average Bonchev–Trinajstić information content (AvgIpc) is 3.15. The van der Waals surface area contributed by atoms with Crippen LogP contribution in [-0.4, -0.2) is 23.0 Å². The second-order valence-electron chi connectivity index (χ2n) is 8.07. The van der Waals surface area contributed by atoms with Gasteiger partial charge in [-0.25, -0.2) is 9.59 Å². The van der Waals surface area contributed by atoms with Crippen molar-refractivity contribution in [3.05, 3.63) is 144 Å². The molecule has 0 N–H and O–H groups in total. The number of cyclic esters (lactones) is 2. The maximum Gasteiger partial charge on any atom is 0.419 e. The molecule has 4 nitrogen and oxygen atoms in total. The monoisotopic (exact) mass is 433 g/mol. The van der Waals surface area contributed by atoms with E-state index >= 15 is 0 Å². The molecule has 5 rings (SSSR count). The van der Waals surface area contributed by atoms with Gasteiger partial charge in [-0.05, 0) is 22.3 Å². The molecule has 0 bridgehead atoms. The van der Waals surface area contributed by atoms with E-state index in [1.54, 1.807) is 4.90 Å². The predicted octanol–water partition coefficient (Wildman–Crippen LogP) is 5.57. The molecule has 162 valence electrons. The zero-order valence-electron chi connectivity index (χ0n) is 18.0. The summed E-state index contributed by atoms with van der Waals surface area (Å²) in [6, 6.07) is 38.4. The molecule has 33 heavy (non-hydrogen) atoms. The van der Waals surface area contributed by atoms with Crippen molar-refractivity contribution in [2.45, 2.75) is 18.0 Å². The lowest BCUT2D eigenvalue weighted by molar-refractivity contribution is -0.136. The summed E-state index contributed by atoms with van der Waals surface area (Å²) in [6.07, 6.45) is -0.280. The summed E-state index contributed by atoms with van der Waals surface area (Å²) < 4.78 is 5.28. The highest BCUT2D eigenvalue weighted by molar-refractivity contribution is 5.97. The number of nitrogens with zero attached hydrogens (tertiary/aromatic N) is 1. The summed E-state index contributed by atoms with van der Waals surface area (Å²) >= 11 is 0. The summed E-state index contributed by atoms with van der Waals surface area (Å²) in [5.74, 6) is -0.531. The Kier molecular flexibility index (Phi) is 5.49. The number of amides is 1. The predicted molar refractivity (Wildman–Crippen MR) is 126 cm³/mol. The second-order valence-corrected chi connectivity index (χ2v) is 8.07. The molecule has 0 radical (unpaired) electrons.